The van der Waals surface area contributed by atoms with Crippen LogP contribution in [0.4, 0.5) is 0 Å². The van der Waals surface area contributed by atoms with Crippen molar-refractivity contribution in [3.63, 3.8) is 0 Å². The summed E-state index contributed by atoms with van der Waals surface area (Å²) in [7, 11) is -5.12. The lowest BCUT2D eigenvalue weighted by molar-refractivity contribution is -0.220. The molecule has 0 aliphatic heterocycles. The van der Waals surface area contributed by atoms with Crippen LogP contribution in [0.1, 0.15) is 303 Å². The van der Waals surface area contributed by atoms with Crippen LogP contribution in [0, 0.1) is 0 Å². The number of aliphatic hydroxyl groups is 5. The molecule has 14 heteroatoms. The third kappa shape index (κ3) is 40.8. The minimum atomic E-state index is -5.12. The molecule has 0 spiro atoms. The Bertz CT molecular complexity index is 1340. The lowest BCUT2D eigenvalue weighted by Gasteiger charge is -2.41. The normalized spacial score (nSPS) is 20.3. The number of carbonyl (C=O) groups is 2. The molecule has 1 saturated carbocycles. The van der Waals surface area contributed by atoms with E-state index < -0.39 is 75.7 Å². The Morgan fingerprint density at radius 3 is 1.03 bits per heavy atom. The van der Waals surface area contributed by atoms with Crippen LogP contribution in [0.3, 0.4) is 0 Å². The standard InChI is InChI=1S/C60H115O13P/c1-3-5-7-9-11-13-15-17-19-21-23-25-27-29-31-33-35-37-39-41-43-45-47-49-54(62)72-52(51-71-74(68,69)73-60-58(66)56(64)55(63)57(65)59(60)67)50-70-53(61)48-46-44-42-40-38-36-34-32-30-28-26-24-22-20-18-16-14-12-10-8-6-4-2/h21,23,52,55-60,63-67H,3-20,22,24-51H2,1-2H3,(H,68,69)/b23-21-. The van der Waals surface area contributed by atoms with Gasteiger partial charge in [0.05, 0.1) is 6.61 Å². The topological polar surface area (TPSA) is 210 Å². The molecule has 6 unspecified atom stereocenters. The molecule has 1 rings (SSSR count). The molecule has 1 aliphatic rings. The van der Waals surface area contributed by atoms with E-state index in [-0.39, 0.29) is 12.8 Å². The number of phosphoric ester groups is 1. The summed E-state index contributed by atoms with van der Waals surface area (Å²) in [4.78, 5) is 36.0. The van der Waals surface area contributed by atoms with Crippen LogP contribution in [0.2, 0.25) is 0 Å². The average molecular weight is 1080 g/mol. The quantitative estimate of drug-likeness (QED) is 0.0145. The first kappa shape index (κ1) is 70.6. The third-order valence-electron chi connectivity index (χ3n) is 14.9. The molecule has 0 aromatic carbocycles. The second-order valence-electron chi connectivity index (χ2n) is 21.9. The fraction of sp³-hybridized carbons (Fsp3) is 0.933. The van der Waals surface area contributed by atoms with Crippen LogP contribution < -0.4 is 0 Å². The lowest BCUT2D eigenvalue weighted by Crippen LogP contribution is -2.64. The summed E-state index contributed by atoms with van der Waals surface area (Å²) >= 11 is 0. The minimum Gasteiger partial charge on any atom is -0.462 e. The number of phosphoric acid groups is 1. The third-order valence-corrected chi connectivity index (χ3v) is 15.8. The Morgan fingerprint density at radius 2 is 0.689 bits per heavy atom. The molecular weight excluding hydrogens is 960 g/mol. The number of hydrogen-bond donors (Lipinski definition) is 6. The Morgan fingerprint density at radius 1 is 0.405 bits per heavy atom. The van der Waals surface area contributed by atoms with Gasteiger partial charge in [-0.05, 0) is 38.5 Å². The molecule has 0 bridgehead atoms. The summed E-state index contributed by atoms with van der Waals surface area (Å²) in [6.07, 6.45) is 45.5. The monoisotopic (exact) mass is 1070 g/mol. The Labute approximate surface area is 452 Å². The number of ether oxygens (including phenoxy) is 2. The zero-order valence-electron chi connectivity index (χ0n) is 47.4. The van der Waals surface area contributed by atoms with Crippen molar-refractivity contribution in [2.24, 2.45) is 0 Å². The first-order valence-electron chi connectivity index (χ1n) is 31.0. The Balaban J connectivity index is 2.28. The average Bonchev–Trinajstić information content (AvgIpc) is 3.38. The highest BCUT2D eigenvalue weighted by Gasteiger charge is 2.51. The number of unbranched alkanes of at least 4 members (excludes halogenated alkanes) is 40. The van der Waals surface area contributed by atoms with E-state index in [9.17, 15) is 44.6 Å². The van der Waals surface area contributed by atoms with E-state index in [0.717, 1.165) is 44.9 Å². The predicted octanol–water partition coefficient (Wildman–Crippen LogP) is 14.9. The van der Waals surface area contributed by atoms with Gasteiger partial charge in [-0.25, -0.2) is 4.57 Å². The van der Waals surface area contributed by atoms with Crippen LogP contribution >= 0.6 is 7.82 Å². The van der Waals surface area contributed by atoms with Gasteiger partial charge in [-0.2, -0.15) is 0 Å². The van der Waals surface area contributed by atoms with Gasteiger partial charge in [0, 0.05) is 12.8 Å². The van der Waals surface area contributed by atoms with E-state index in [2.05, 4.69) is 26.0 Å². The molecule has 0 aromatic rings. The first-order valence-corrected chi connectivity index (χ1v) is 32.5. The van der Waals surface area contributed by atoms with Crippen LogP contribution in [0.5, 0.6) is 0 Å². The van der Waals surface area contributed by atoms with Gasteiger partial charge in [-0.3, -0.25) is 18.6 Å². The minimum absolute atomic E-state index is 0.101. The second-order valence-corrected chi connectivity index (χ2v) is 23.3. The van der Waals surface area contributed by atoms with Gasteiger partial charge >= 0.3 is 19.8 Å². The molecule has 1 fully saturated rings. The molecule has 1 aliphatic carbocycles. The van der Waals surface area contributed by atoms with Crippen LogP contribution in [-0.2, 0) is 32.7 Å². The van der Waals surface area contributed by atoms with E-state index in [4.69, 9.17) is 18.5 Å². The predicted molar refractivity (Wildman–Crippen MR) is 300 cm³/mol. The molecule has 0 amide bonds. The highest BCUT2D eigenvalue weighted by molar-refractivity contribution is 7.47. The number of rotatable bonds is 54. The van der Waals surface area contributed by atoms with Crippen molar-refractivity contribution in [2.75, 3.05) is 13.2 Å². The van der Waals surface area contributed by atoms with Crippen molar-refractivity contribution < 1.29 is 63.1 Å². The Hall–Kier alpha value is -1.41. The van der Waals surface area contributed by atoms with Gasteiger partial charge in [-0.1, -0.05) is 264 Å². The fourth-order valence-electron chi connectivity index (χ4n) is 9.93. The van der Waals surface area contributed by atoms with Gasteiger partial charge in [0.15, 0.2) is 6.10 Å². The van der Waals surface area contributed by atoms with Crippen molar-refractivity contribution in [3.8, 4) is 0 Å². The van der Waals surface area contributed by atoms with Crippen molar-refractivity contribution in [3.05, 3.63) is 12.2 Å². The SMILES string of the molecule is CCCCCCCCCC/C=C\CCCCCCCCCCCCCC(=O)OC(COC(=O)CCCCCCCCCCCCCCCCCCCCCCCC)COP(=O)(O)OC1C(O)C(O)C(O)C(O)C1O. The number of carbonyl (C=O) groups excluding carboxylic acids is 2. The zero-order chi connectivity index (χ0) is 54.2. The number of allylic oxidation sites excluding steroid dienone is 2. The van der Waals surface area contributed by atoms with E-state index in [1.165, 1.54) is 218 Å². The highest BCUT2D eigenvalue weighted by Crippen LogP contribution is 2.47. The zero-order valence-corrected chi connectivity index (χ0v) is 48.3. The van der Waals surface area contributed by atoms with Crippen molar-refractivity contribution >= 4 is 19.8 Å². The summed E-state index contributed by atoms with van der Waals surface area (Å²) < 4.78 is 33.8. The van der Waals surface area contributed by atoms with E-state index in [0.29, 0.717) is 12.8 Å². The van der Waals surface area contributed by atoms with E-state index >= 15 is 0 Å². The molecule has 0 aromatic heterocycles. The van der Waals surface area contributed by atoms with Gasteiger partial charge in [0.2, 0.25) is 0 Å². The van der Waals surface area contributed by atoms with Crippen molar-refractivity contribution in [1.82, 2.24) is 0 Å². The molecule has 6 atom stereocenters. The maximum absolute atomic E-state index is 12.9. The highest BCUT2D eigenvalue weighted by atomic mass is 31.2. The summed E-state index contributed by atoms with van der Waals surface area (Å²) in [5.74, 6) is -1.08. The Kier molecular flexibility index (Phi) is 47.6. The maximum atomic E-state index is 12.9. The molecule has 6 N–H and O–H groups in total. The van der Waals surface area contributed by atoms with Gasteiger partial charge in [-0.15, -0.1) is 0 Å². The first-order chi connectivity index (χ1) is 35.9. The van der Waals surface area contributed by atoms with Gasteiger partial charge < -0.3 is 39.9 Å². The fourth-order valence-corrected chi connectivity index (χ4v) is 10.9. The van der Waals surface area contributed by atoms with Crippen LogP contribution in [-0.4, -0.2) is 98.3 Å². The molecule has 74 heavy (non-hydrogen) atoms. The van der Waals surface area contributed by atoms with Crippen molar-refractivity contribution in [1.29, 1.82) is 0 Å². The van der Waals surface area contributed by atoms with E-state index in [1.54, 1.807) is 0 Å². The van der Waals surface area contributed by atoms with Crippen LogP contribution in [0.25, 0.3) is 0 Å². The summed E-state index contributed by atoms with van der Waals surface area (Å²) in [6, 6.07) is 0. The van der Waals surface area contributed by atoms with Crippen molar-refractivity contribution in [2.45, 2.75) is 346 Å². The van der Waals surface area contributed by atoms with Crippen LogP contribution in [0.15, 0.2) is 12.2 Å². The smallest absolute Gasteiger partial charge is 0.462 e. The molecular formula is C60H115O13P. The molecule has 0 heterocycles. The number of hydrogen-bond acceptors (Lipinski definition) is 12. The second kappa shape index (κ2) is 49.9. The molecule has 0 radical (unpaired) electrons. The molecule has 438 valence electrons. The maximum Gasteiger partial charge on any atom is 0.472 e. The largest absolute Gasteiger partial charge is 0.472 e. The summed E-state index contributed by atoms with van der Waals surface area (Å²) in [5.41, 5.74) is 0. The van der Waals surface area contributed by atoms with Gasteiger partial charge in [0.1, 0.15) is 43.2 Å². The lowest BCUT2D eigenvalue weighted by atomic mass is 9.85. The van der Waals surface area contributed by atoms with E-state index in [1.807, 2.05) is 0 Å². The molecule has 0 saturated heterocycles. The number of aliphatic hydroxyl groups excluding tert-OH is 5. The van der Waals surface area contributed by atoms with Gasteiger partial charge in [0.25, 0.3) is 0 Å². The summed E-state index contributed by atoms with van der Waals surface area (Å²) in [5, 5.41) is 50.5. The molecule has 13 nitrogen and oxygen atoms in total. The number of esters is 2. The summed E-state index contributed by atoms with van der Waals surface area (Å²) in [6.45, 7) is 3.38.